The van der Waals surface area contributed by atoms with Gasteiger partial charge in [-0.1, -0.05) is 45.4 Å². The minimum atomic E-state index is -0.949. The largest absolute Gasteiger partial charge is 1.00 e. The van der Waals surface area contributed by atoms with Crippen LogP contribution in [0.3, 0.4) is 0 Å². The Labute approximate surface area is 135 Å². The first-order valence-corrected chi connectivity index (χ1v) is 7.00. The van der Waals surface area contributed by atoms with Gasteiger partial charge in [0.1, 0.15) is 6.54 Å². The van der Waals surface area contributed by atoms with Gasteiger partial charge in [0.2, 0.25) is 0 Å². The number of carboxylic acid groups (broad SMARTS) is 1. The van der Waals surface area contributed by atoms with E-state index in [0.717, 1.165) is 13.0 Å². The third-order valence-electron chi connectivity index (χ3n) is 3.17. The number of aliphatic carboxylic acids is 1. The maximum atomic E-state index is 10.5. The molecule has 0 aliphatic heterocycles. The number of quaternary nitrogens is 1. The molecule has 0 aromatic carbocycles. The molecule has 4 heteroatoms. The number of rotatable bonds is 11. The van der Waals surface area contributed by atoms with E-state index in [-0.39, 0.29) is 36.1 Å². The Morgan fingerprint density at radius 3 is 1.83 bits per heavy atom. The molecule has 0 saturated heterocycles. The first-order valence-electron chi connectivity index (χ1n) is 7.00. The fourth-order valence-corrected chi connectivity index (χ4v) is 2.10. The standard InChI is InChI=1S/C14H29NO2.Na/c1-4-5-6-7-8-9-10-11-12-15(2,3)13-14(16)17;/h4-13H2,1-3H3;/q;+1. The second-order valence-electron chi connectivity index (χ2n) is 5.66. The van der Waals surface area contributed by atoms with Crippen molar-refractivity contribution in [2.75, 3.05) is 27.2 Å². The average Bonchev–Trinajstić information content (AvgIpc) is 2.20. The number of carboxylic acids is 1. The van der Waals surface area contributed by atoms with Crippen molar-refractivity contribution in [2.24, 2.45) is 0 Å². The summed E-state index contributed by atoms with van der Waals surface area (Å²) in [7, 11) is 3.91. The molecule has 0 bridgehead atoms. The fraction of sp³-hybridized carbons (Fsp3) is 0.929. The summed E-state index contributed by atoms with van der Waals surface area (Å²) in [4.78, 5) is 10.5. The Kier molecular flexibility index (Phi) is 14.4. The van der Waals surface area contributed by atoms with Gasteiger partial charge in [-0.05, 0) is 12.8 Å². The zero-order chi connectivity index (χ0) is 13.1. The van der Waals surface area contributed by atoms with Gasteiger partial charge in [-0.15, -0.1) is 0 Å². The molecule has 0 aromatic heterocycles. The van der Waals surface area contributed by atoms with Gasteiger partial charge in [-0.3, -0.25) is 0 Å². The zero-order valence-corrected chi connectivity index (χ0v) is 14.8. The molecule has 0 heterocycles. The van der Waals surface area contributed by atoms with Crippen molar-refractivity contribution in [3.8, 4) is 0 Å². The Bertz CT molecular complexity index is 208. The summed E-state index contributed by atoms with van der Waals surface area (Å²) in [5, 5.41) is 10.5. The Hall–Kier alpha value is 0.430. The van der Waals surface area contributed by atoms with Gasteiger partial charge in [0.25, 0.3) is 0 Å². The fourth-order valence-electron chi connectivity index (χ4n) is 2.10. The monoisotopic (exact) mass is 266 g/mol. The van der Waals surface area contributed by atoms with Crippen molar-refractivity contribution in [2.45, 2.75) is 58.3 Å². The Morgan fingerprint density at radius 2 is 1.39 bits per heavy atom. The third kappa shape index (κ3) is 14.5. The molecule has 0 saturated carbocycles. The van der Waals surface area contributed by atoms with Crippen LogP contribution < -0.4 is 34.7 Å². The van der Waals surface area contributed by atoms with Crippen molar-refractivity contribution in [1.82, 2.24) is 0 Å². The van der Waals surface area contributed by atoms with E-state index < -0.39 is 5.97 Å². The van der Waals surface area contributed by atoms with Gasteiger partial charge in [-0.2, -0.15) is 0 Å². The van der Waals surface area contributed by atoms with Gasteiger partial charge in [-0.25, -0.2) is 0 Å². The molecular formula is C14H29NNaO2+. The van der Waals surface area contributed by atoms with Gasteiger partial charge in [0, 0.05) is 0 Å². The molecule has 18 heavy (non-hydrogen) atoms. The molecule has 0 unspecified atom stereocenters. The van der Waals surface area contributed by atoms with Crippen molar-refractivity contribution in [3.05, 3.63) is 0 Å². The quantitative estimate of drug-likeness (QED) is 0.272. The van der Waals surface area contributed by atoms with E-state index in [4.69, 9.17) is 0 Å². The average molecular weight is 266 g/mol. The third-order valence-corrected chi connectivity index (χ3v) is 3.17. The topological polar surface area (TPSA) is 40.1 Å². The normalized spacial score (nSPS) is 11.1. The molecule has 0 spiro atoms. The van der Waals surface area contributed by atoms with Gasteiger partial charge in [0.15, 0.2) is 0 Å². The molecule has 3 nitrogen and oxygen atoms in total. The first kappa shape index (κ1) is 20.7. The Balaban J connectivity index is 0. The summed E-state index contributed by atoms with van der Waals surface area (Å²) in [5.74, 6) is -0.949. The van der Waals surface area contributed by atoms with Crippen molar-refractivity contribution < 1.29 is 43.9 Å². The number of hydrogen-bond donors (Lipinski definition) is 0. The van der Waals surface area contributed by atoms with E-state index in [1.54, 1.807) is 0 Å². The predicted octanol–water partition coefficient (Wildman–Crippen LogP) is -1.04. The van der Waals surface area contributed by atoms with Crippen molar-refractivity contribution in [1.29, 1.82) is 0 Å². The Morgan fingerprint density at radius 1 is 0.944 bits per heavy atom. The maximum absolute atomic E-state index is 10.5. The summed E-state index contributed by atoms with van der Waals surface area (Å²) in [6.07, 6.45) is 10.3. The predicted molar refractivity (Wildman–Crippen MR) is 69.5 cm³/mol. The van der Waals surface area contributed by atoms with Crippen molar-refractivity contribution in [3.63, 3.8) is 0 Å². The molecular weight excluding hydrogens is 237 g/mol. The van der Waals surface area contributed by atoms with Gasteiger partial charge in [0.05, 0.1) is 26.6 Å². The molecule has 0 aliphatic rings. The second kappa shape index (κ2) is 12.5. The molecule has 0 aliphatic carbocycles. The van der Waals surface area contributed by atoms with E-state index in [0.29, 0.717) is 4.48 Å². The van der Waals surface area contributed by atoms with Crippen LogP contribution in [-0.4, -0.2) is 37.6 Å². The van der Waals surface area contributed by atoms with Gasteiger partial charge >= 0.3 is 29.6 Å². The number of likely N-dealkylation sites (N-methyl/N-ethyl adjacent to an activating group) is 1. The number of carbonyl (C=O) groups excluding carboxylic acids is 1. The number of unbranched alkanes of at least 4 members (excludes halogenated alkanes) is 7. The molecule has 0 rings (SSSR count). The molecule has 0 fully saturated rings. The van der Waals surface area contributed by atoms with Crippen LogP contribution >= 0.6 is 0 Å². The maximum Gasteiger partial charge on any atom is 1.00 e. The minimum absolute atomic E-state index is 0. The van der Waals surface area contributed by atoms with E-state index in [9.17, 15) is 9.90 Å². The summed E-state index contributed by atoms with van der Waals surface area (Å²) in [5.41, 5.74) is 0. The van der Waals surface area contributed by atoms with Crippen LogP contribution in [0.1, 0.15) is 58.3 Å². The molecule has 0 radical (unpaired) electrons. The minimum Gasteiger partial charge on any atom is -0.544 e. The van der Waals surface area contributed by atoms with Crippen LogP contribution in [-0.2, 0) is 4.79 Å². The van der Waals surface area contributed by atoms with Crippen LogP contribution in [0.25, 0.3) is 0 Å². The summed E-state index contributed by atoms with van der Waals surface area (Å²) in [6, 6.07) is 0. The summed E-state index contributed by atoms with van der Waals surface area (Å²) < 4.78 is 0.540. The van der Waals surface area contributed by atoms with Crippen molar-refractivity contribution >= 4 is 5.97 Å². The smallest absolute Gasteiger partial charge is 0.544 e. The molecule has 0 atom stereocenters. The molecule has 102 valence electrons. The summed E-state index contributed by atoms with van der Waals surface area (Å²) in [6.45, 7) is 3.29. The molecule has 0 amide bonds. The van der Waals surface area contributed by atoms with E-state index in [2.05, 4.69) is 6.92 Å². The number of carbonyl (C=O) groups is 1. The van der Waals surface area contributed by atoms with Gasteiger partial charge < -0.3 is 14.4 Å². The molecule has 0 N–H and O–H groups in total. The zero-order valence-electron chi connectivity index (χ0n) is 12.8. The number of nitrogens with zero attached hydrogens (tertiary/aromatic N) is 1. The van der Waals surface area contributed by atoms with Crippen LogP contribution in [0.2, 0.25) is 0 Å². The van der Waals surface area contributed by atoms with E-state index in [1.807, 2.05) is 14.1 Å². The van der Waals surface area contributed by atoms with Crippen LogP contribution in [0.4, 0.5) is 0 Å². The SMILES string of the molecule is CCCCCCCCCC[N+](C)(C)CC(=O)[O-].[Na+]. The molecule has 0 aromatic rings. The number of hydrogen-bond acceptors (Lipinski definition) is 2. The van der Waals surface area contributed by atoms with E-state index >= 15 is 0 Å². The first-order chi connectivity index (χ1) is 7.98. The summed E-state index contributed by atoms with van der Waals surface area (Å²) >= 11 is 0. The van der Waals surface area contributed by atoms with Crippen LogP contribution in [0, 0.1) is 0 Å². The second-order valence-corrected chi connectivity index (χ2v) is 5.66. The van der Waals surface area contributed by atoms with Crippen LogP contribution in [0.5, 0.6) is 0 Å². The van der Waals surface area contributed by atoms with E-state index in [1.165, 1.54) is 44.9 Å². The van der Waals surface area contributed by atoms with Crippen LogP contribution in [0.15, 0.2) is 0 Å².